The van der Waals surface area contributed by atoms with Crippen LogP contribution in [0.25, 0.3) is 0 Å². The number of aromatic nitrogens is 2. The lowest BCUT2D eigenvalue weighted by Crippen LogP contribution is -2.25. The van der Waals surface area contributed by atoms with E-state index in [2.05, 4.69) is 9.97 Å². The van der Waals surface area contributed by atoms with E-state index in [-0.39, 0.29) is 16.6 Å². The number of benzene rings is 1. The van der Waals surface area contributed by atoms with Gasteiger partial charge in [-0.05, 0) is 24.6 Å². The van der Waals surface area contributed by atoms with Crippen LogP contribution in [-0.4, -0.2) is 17.0 Å². The summed E-state index contributed by atoms with van der Waals surface area (Å²) >= 11 is 5.98. The summed E-state index contributed by atoms with van der Waals surface area (Å²) in [6.07, 6.45) is 1.34. The minimum absolute atomic E-state index is 0.00435. The van der Waals surface area contributed by atoms with Crippen molar-refractivity contribution >= 4 is 23.1 Å². The molecule has 100 valence electrons. The normalized spacial score (nSPS) is 12.2. The van der Waals surface area contributed by atoms with Gasteiger partial charge in [0.05, 0.1) is 12.4 Å². The number of rotatable bonds is 3. The molecule has 0 bridgehead atoms. The highest BCUT2D eigenvalue weighted by Crippen LogP contribution is 2.27. The molecule has 1 heterocycles. The van der Waals surface area contributed by atoms with E-state index in [4.69, 9.17) is 17.3 Å². The lowest BCUT2D eigenvalue weighted by molar-refractivity contribution is 0.726. The van der Waals surface area contributed by atoms with Gasteiger partial charge in [-0.3, -0.25) is 4.79 Å². The molecule has 1 atom stereocenters. The van der Waals surface area contributed by atoms with Gasteiger partial charge in [0.1, 0.15) is 5.02 Å². The van der Waals surface area contributed by atoms with Gasteiger partial charge in [-0.15, -0.1) is 0 Å². The highest BCUT2D eigenvalue weighted by Gasteiger charge is 2.17. The van der Waals surface area contributed by atoms with Gasteiger partial charge < -0.3 is 15.6 Å². The van der Waals surface area contributed by atoms with Crippen LogP contribution >= 0.6 is 11.6 Å². The van der Waals surface area contributed by atoms with Gasteiger partial charge in [-0.1, -0.05) is 23.7 Å². The number of nitrogens with one attached hydrogen (secondary N) is 1. The molecular weight excluding hydrogens is 264 g/mol. The zero-order chi connectivity index (χ0) is 14.0. The highest BCUT2D eigenvalue weighted by atomic mass is 35.5. The van der Waals surface area contributed by atoms with Gasteiger partial charge in [0, 0.05) is 12.7 Å². The van der Waals surface area contributed by atoms with Crippen molar-refractivity contribution in [2.75, 3.05) is 17.7 Å². The molecule has 0 spiro atoms. The summed E-state index contributed by atoms with van der Waals surface area (Å²) in [4.78, 5) is 19.9. The number of aromatic amines is 1. The largest absolute Gasteiger partial charge is 0.399 e. The standard InChI is InChI=1S/C13H15ClN4O/c1-8(9-4-3-5-10(15)6-9)18(2)12-11(14)13(19)17-7-16-12/h3-8H,15H2,1-2H3,(H,16,17,19). The molecule has 3 N–H and O–H groups in total. The van der Waals surface area contributed by atoms with Crippen LogP contribution in [0.2, 0.25) is 5.02 Å². The molecule has 0 amide bonds. The molecular formula is C13H15ClN4O. The van der Waals surface area contributed by atoms with E-state index in [1.165, 1.54) is 6.33 Å². The van der Waals surface area contributed by atoms with E-state index in [0.29, 0.717) is 11.5 Å². The summed E-state index contributed by atoms with van der Waals surface area (Å²) in [7, 11) is 1.83. The van der Waals surface area contributed by atoms with Crippen LogP contribution in [-0.2, 0) is 0 Å². The molecule has 0 radical (unpaired) electrons. The van der Waals surface area contributed by atoms with Crippen molar-refractivity contribution in [2.45, 2.75) is 13.0 Å². The Bertz CT molecular complexity index is 641. The van der Waals surface area contributed by atoms with Crippen molar-refractivity contribution in [3.05, 3.63) is 51.5 Å². The fraction of sp³-hybridized carbons (Fsp3) is 0.231. The van der Waals surface area contributed by atoms with E-state index in [9.17, 15) is 4.79 Å². The number of nitrogen functional groups attached to an aromatic ring is 1. The molecule has 0 aliphatic rings. The number of hydrogen-bond donors (Lipinski definition) is 2. The molecule has 0 aliphatic carbocycles. The zero-order valence-corrected chi connectivity index (χ0v) is 11.5. The Hall–Kier alpha value is -2.01. The molecule has 2 rings (SSSR count). The lowest BCUT2D eigenvalue weighted by atomic mass is 10.1. The molecule has 0 aliphatic heterocycles. The first kappa shape index (κ1) is 13.4. The second-order valence-corrected chi connectivity index (χ2v) is 4.70. The Labute approximate surface area is 116 Å². The van der Waals surface area contributed by atoms with Crippen molar-refractivity contribution in [2.24, 2.45) is 0 Å². The second-order valence-electron chi connectivity index (χ2n) is 4.33. The number of H-pyrrole nitrogens is 1. The summed E-state index contributed by atoms with van der Waals surface area (Å²) in [6, 6.07) is 7.58. The first-order chi connectivity index (χ1) is 9.00. The van der Waals surface area contributed by atoms with Gasteiger partial charge in [-0.25, -0.2) is 4.98 Å². The molecule has 5 nitrogen and oxygen atoms in total. The number of halogens is 1. The third-order valence-corrected chi connectivity index (χ3v) is 3.43. The first-order valence-electron chi connectivity index (χ1n) is 5.82. The van der Waals surface area contributed by atoms with Crippen LogP contribution in [0.3, 0.4) is 0 Å². The summed E-state index contributed by atoms with van der Waals surface area (Å²) in [5.74, 6) is 0.445. The number of nitrogens with zero attached hydrogens (tertiary/aromatic N) is 2. The number of nitrogens with two attached hydrogens (primary N) is 1. The van der Waals surface area contributed by atoms with Crippen molar-refractivity contribution in [1.82, 2.24) is 9.97 Å². The van der Waals surface area contributed by atoms with Gasteiger partial charge in [-0.2, -0.15) is 0 Å². The van der Waals surface area contributed by atoms with E-state index in [0.717, 1.165) is 5.56 Å². The summed E-state index contributed by atoms with van der Waals surface area (Å²) < 4.78 is 0. The van der Waals surface area contributed by atoms with E-state index in [1.807, 2.05) is 43.1 Å². The second kappa shape index (κ2) is 5.32. The molecule has 1 aromatic heterocycles. The van der Waals surface area contributed by atoms with Gasteiger partial charge in [0.15, 0.2) is 5.82 Å². The topological polar surface area (TPSA) is 75.0 Å². The maximum Gasteiger partial charge on any atom is 0.271 e. The maximum atomic E-state index is 11.5. The number of hydrogen-bond acceptors (Lipinski definition) is 4. The SMILES string of the molecule is CC(c1cccc(N)c1)N(C)c1nc[nH]c(=O)c1Cl. The zero-order valence-electron chi connectivity index (χ0n) is 10.7. The molecule has 0 fully saturated rings. The third kappa shape index (κ3) is 2.71. The van der Waals surface area contributed by atoms with E-state index in [1.54, 1.807) is 0 Å². The molecule has 19 heavy (non-hydrogen) atoms. The van der Waals surface area contributed by atoms with Crippen LogP contribution < -0.4 is 16.2 Å². The molecule has 0 saturated heterocycles. The average molecular weight is 279 g/mol. The highest BCUT2D eigenvalue weighted by molar-refractivity contribution is 6.32. The van der Waals surface area contributed by atoms with Gasteiger partial charge in [0.25, 0.3) is 5.56 Å². The summed E-state index contributed by atoms with van der Waals surface area (Å²) in [5, 5.41) is 0.0840. The van der Waals surface area contributed by atoms with Crippen LogP contribution in [0, 0.1) is 0 Å². The monoisotopic (exact) mass is 278 g/mol. The Balaban J connectivity index is 2.36. The molecule has 0 saturated carbocycles. The smallest absolute Gasteiger partial charge is 0.271 e. The summed E-state index contributed by atoms with van der Waals surface area (Å²) in [6.45, 7) is 1.99. The quantitative estimate of drug-likeness (QED) is 0.844. The molecule has 6 heteroatoms. The molecule has 1 aromatic carbocycles. The Morgan fingerprint density at radius 2 is 2.21 bits per heavy atom. The lowest BCUT2D eigenvalue weighted by Gasteiger charge is -2.26. The van der Waals surface area contributed by atoms with Crippen molar-refractivity contribution < 1.29 is 0 Å². The first-order valence-corrected chi connectivity index (χ1v) is 6.20. The minimum Gasteiger partial charge on any atom is -0.399 e. The van der Waals surface area contributed by atoms with Gasteiger partial charge in [0.2, 0.25) is 0 Å². The summed E-state index contributed by atoms with van der Waals surface area (Å²) in [5.41, 5.74) is 7.15. The van der Waals surface area contributed by atoms with Crippen LogP contribution in [0.5, 0.6) is 0 Å². The minimum atomic E-state index is -0.349. The van der Waals surface area contributed by atoms with Crippen LogP contribution in [0.15, 0.2) is 35.4 Å². The van der Waals surface area contributed by atoms with E-state index < -0.39 is 0 Å². The average Bonchev–Trinajstić information content (AvgIpc) is 2.40. The molecule has 2 aromatic rings. The third-order valence-electron chi connectivity index (χ3n) is 3.09. The van der Waals surface area contributed by atoms with Crippen molar-refractivity contribution in [3.8, 4) is 0 Å². The fourth-order valence-electron chi connectivity index (χ4n) is 1.85. The predicted octanol–water partition coefficient (Wildman–Crippen LogP) is 2.20. The van der Waals surface area contributed by atoms with Crippen LogP contribution in [0.1, 0.15) is 18.5 Å². The predicted molar refractivity (Wildman–Crippen MR) is 77.5 cm³/mol. The van der Waals surface area contributed by atoms with Crippen molar-refractivity contribution in [1.29, 1.82) is 0 Å². The van der Waals surface area contributed by atoms with Gasteiger partial charge >= 0.3 is 0 Å². The van der Waals surface area contributed by atoms with Crippen molar-refractivity contribution in [3.63, 3.8) is 0 Å². The van der Waals surface area contributed by atoms with E-state index >= 15 is 0 Å². The maximum absolute atomic E-state index is 11.5. The van der Waals surface area contributed by atoms with Crippen LogP contribution in [0.4, 0.5) is 11.5 Å². The Morgan fingerprint density at radius 1 is 1.47 bits per heavy atom. The Kier molecular flexibility index (Phi) is 3.76. The Morgan fingerprint density at radius 3 is 2.89 bits per heavy atom. The fourth-order valence-corrected chi connectivity index (χ4v) is 2.08. The number of anilines is 2. The molecule has 1 unspecified atom stereocenters.